The van der Waals surface area contributed by atoms with E-state index in [1.165, 1.54) is 19.3 Å². The summed E-state index contributed by atoms with van der Waals surface area (Å²) < 4.78 is 5.27. The number of carbonyl (C=O) groups is 1. The zero-order chi connectivity index (χ0) is 17.2. The molecular weight excluding hydrogens is 302 g/mol. The maximum absolute atomic E-state index is 13.4. The predicted molar refractivity (Wildman–Crippen MR) is 94.1 cm³/mol. The number of ether oxygens (including phenoxy) is 1. The maximum Gasteiger partial charge on any atom is 0.233 e. The molecule has 2 saturated carbocycles. The molecule has 0 heterocycles. The lowest BCUT2D eigenvalue weighted by atomic mass is 9.43. The van der Waals surface area contributed by atoms with Crippen molar-refractivity contribution in [1.82, 2.24) is 4.90 Å². The fourth-order valence-electron chi connectivity index (χ4n) is 4.62. The first-order valence-electron chi connectivity index (χ1n) is 9.14. The van der Waals surface area contributed by atoms with Gasteiger partial charge < -0.3 is 14.7 Å². The van der Waals surface area contributed by atoms with Crippen LogP contribution in [0.2, 0.25) is 0 Å². The van der Waals surface area contributed by atoms with Gasteiger partial charge in [0, 0.05) is 19.7 Å². The Balaban J connectivity index is 1.86. The number of likely N-dealkylation sites (N-methyl/N-ethyl adjacent to an activating group) is 1. The van der Waals surface area contributed by atoms with Crippen LogP contribution in [0.1, 0.15) is 51.0 Å². The third-order valence-corrected chi connectivity index (χ3v) is 6.07. The molecule has 0 atom stereocenters. The number of rotatable bonds is 7. The van der Waals surface area contributed by atoms with Crippen molar-refractivity contribution in [3.05, 3.63) is 29.8 Å². The van der Waals surface area contributed by atoms with Crippen LogP contribution < -0.4 is 4.74 Å². The van der Waals surface area contributed by atoms with Gasteiger partial charge in [-0.3, -0.25) is 4.79 Å². The highest BCUT2D eigenvalue weighted by Crippen LogP contribution is 2.65. The number of nitrogens with zero attached hydrogens (tertiary/aromatic N) is 1. The van der Waals surface area contributed by atoms with Crippen molar-refractivity contribution in [1.29, 1.82) is 0 Å². The molecule has 1 N–H and O–H groups in total. The van der Waals surface area contributed by atoms with Crippen molar-refractivity contribution in [2.45, 2.75) is 50.9 Å². The van der Waals surface area contributed by atoms with Crippen LogP contribution in [0.15, 0.2) is 24.3 Å². The first-order valence-corrected chi connectivity index (χ1v) is 9.14. The van der Waals surface area contributed by atoms with Crippen LogP contribution in [0.5, 0.6) is 5.75 Å². The molecule has 0 aliphatic heterocycles. The molecule has 4 nitrogen and oxygen atoms in total. The summed E-state index contributed by atoms with van der Waals surface area (Å²) in [6, 6.07) is 8.03. The molecule has 0 saturated heterocycles. The normalized spacial score (nSPS) is 20.1. The third-order valence-electron chi connectivity index (χ3n) is 6.07. The van der Waals surface area contributed by atoms with Gasteiger partial charge in [0.2, 0.25) is 5.91 Å². The van der Waals surface area contributed by atoms with E-state index in [0.29, 0.717) is 24.9 Å². The molecule has 24 heavy (non-hydrogen) atoms. The lowest BCUT2D eigenvalue weighted by molar-refractivity contribution is -0.153. The number of aliphatic hydroxyl groups is 1. The second kappa shape index (κ2) is 6.75. The summed E-state index contributed by atoms with van der Waals surface area (Å²) in [6.07, 6.45) is 6.42. The van der Waals surface area contributed by atoms with Gasteiger partial charge in [-0.05, 0) is 62.1 Å². The molecule has 2 aliphatic rings. The van der Waals surface area contributed by atoms with Crippen LogP contribution in [-0.4, -0.2) is 42.7 Å². The van der Waals surface area contributed by atoms with Gasteiger partial charge in [0.25, 0.3) is 0 Å². The smallest absolute Gasteiger partial charge is 0.233 e. The van der Waals surface area contributed by atoms with Gasteiger partial charge in [0.15, 0.2) is 0 Å². The number of methoxy groups -OCH3 is 1. The van der Waals surface area contributed by atoms with Crippen molar-refractivity contribution in [3.63, 3.8) is 0 Å². The lowest BCUT2D eigenvalue weighted by Gasteiger charge is -2.61. The Kier molecular flexibility index (Phi) is 4.86. The minimum absolute atomic E-state index is 0.128. The summed E-state index contributed by atoms with van der Waals surface area (Å²) in [5.41, 5.74) is 1.15. The second-order valence-electron chi connectivity index (χ2n) is 7.48. The number of aliphatic hydroxyl groups excluding tert-OH is 1. The van der Waals surface area contributed by atoms with Crippen LogP contribution in [0, 0.1) is 5.41 Å². The van der Waals surface area contributed by atoms with Gasteiger partial charge in [-0.1, -0.05) is 18.6 Å². The van der Waals surface area contributed by atoms with Crippen molar-refractivity contribution >= 4 is 5.91 Å². The molecule has 0 unspecified atom stereocenters. The zero-order valence-corrected chi connectivity index (χ0v) is 14.9. The fourth-order valence-corrected chi connectivity index (χ4v) is 4.62. The number of hydrogen-bond donors (Lipinski definition) is 1. The van der Waals surface area contributed by atoms with E-state index >= 15 is 0 Å². The van der Waals surface area contributed by atoms with Gasteiger partial charge >= 0.3 is 0 Å². The first kappa shape index (κ1) is 17.3. The highest BCUT2D eigenvalue weighted by atomic mass is 16.5. The molecule has 2 fully saturated rings. The lowest BCUT2D eigenvalue weighted by Crippen LogP contribution is -2.61. The van der Waals surface area contributed by atoms with Crippen molar-refractivity contribution < 1.29 is 14.6 Å². The quantitative estimate of drug-likeness (QED) is 0.835. The number of hydrogen-bond acceptors (Lipinski definition) is 3. The van der Waals surface area contributed by atoms with Crippen LogP contribution in [0.4, 0.5) is 0 Å². The average Bonchev–Trinajstić information content (AvgIpc) is 2.54. The summed E-state index contributed by atoms with van der Waals surface area (Å²) in [5.74, 6) is 1.06. The Morgan fingerprint density at radius 3 is 2.38 bits per heavy atom. The predicted octanol–water partition coefficient (Wildman–Crippen LogP) is 3.13. The summed E-state index contributed by atoms with van der Waals surface area (Å²) in [4.78, 5) is 15.3. The van der Waals surface area contributed by atoms with E-state index in [2.05, 4.69) is 12.1 Å². The van der Waals surface area contributed by atoms with Gasteiger partial charge in [-0.15, -0.1) is 0 Å². The number of amides is 1. The monoisotopic (exact) mass is 331 g/mol. The molecule has 1 aromatic rings. The summed E-state index contributed by atoms with van der Waals surface area (Å²) in [7, 11) is 1.66. The SMILES string of the molecule is CCN(CCCO)C(=O)C1(c2ccc(OC)cc2)CC2(CCC2)C1. The molecular formula is C20H29NO3. The number of benzene rings is 1. The van der Waals surface area contributed by atoms with Gasteiger partial charge in [0.1, 0.15) is 5.75 Å². The second-order valence-corrected chi connectivity index (χ2v) is 7.48. The van der Waals surface area contributed by atoms with Gasteiger partial charge in [0.05, 0.1) is 12.5 Å². The van der Waals surface area contributed by atoms with E-state index in [1.807, 2.05) is 24.0 Å². The molecule has 3 rings (SSSR count). The fraction of sp³-hybridized carbons (Fsp3) is 0.650. The minimum atomic E-state index is -0.377. The topological polar surface area (TPSA) is 49.8 Å². The van der Waals surface area contributed by atoms with E-state index in [4.69, 9.17) is 9.84 Å². The average molecular weight is 331 g/mol. The van der Waals surface area contributed by atoms with Crippen LogP contribution in [-0.2, 0) is 10.2 Å². The zero-order valence-electron chi connectivity index (χ0n) is 14.9. The molecule has 1 aromatic carbocycles. The van der Waals surface area contributed by atoms with E-state index in [1.54, 1.807) is 7.11 Å². The standard InChI is InChI=1S/C20H29NO3/c1-3-21(12-5-13-22)18(23)20(14-19(15-20)10-4-11-19)16-6-8-17(24-2)9-7-16/h6-9,22H,3-5,10-15H2,1-2H3. The van der Waals surface area contributed by atoms with Gasteiger partial charge in [-0.25, -0.2) is 0 Å². The van der Waals surface area contributed by atoms with Crippen molar-refractivity contribution in [3.8, 4) is 5.75 Å². The van der Waals surface area contributed by atoms with Gasteiger partial charge in [-0.2, -0.15) is 0 Å². The molecule has 132 valence electrons. The largest absolute Gasteiger partial charge is 0.497 e. The Morgan fingerprint density at radius 2 is 1.92 bits per heavy atom. The van der Waals surface area contributed by atoms with E-state index in [0.717, 1.165) is 24.2 Å². The maximum atomic E-state index is 13.4. The first-order chi connectivity index (χ1) is 11.6. The summed E-state index contributed by atoms with van der Waals surface area (Å²) in [5, 5.41) is 9.12. The van der Waals surface area contributed by atoms with E-state index in [-0.39, 0.29) is 17.9 Å². The van der Waals surface area contributed by atoms with Crippen LogP contribution in [0.25, 0.3) is 0 Å². The van der Waals surface area contributed by atoms with Crippen molar-refractivity contribution in [2.75, 3.05) is 26.8 Å². The number of carbonyl (C=O) groups excluding carboxylic acids is 1. The van der Waals surface area contributed by atoms with E-state index < -0.39 is 0 Å². The Labute approximate surface area is 144 Å². The van der Waals surface area contributed by atoms with E-state index in [9.17, 15) is 4.79 Å². The Morgan fingerprint density at radius 1 is 1.25 bits per heavy atom. The van der Waals surface area contributed by atoms with Crippen molar-refractivity contribution in [2.24, 2.45) is 5.41 Å². The third kappa shape index (κ3) is 2.81. The molecule has 4 heteroatoms. The highest BCUT2D eigenvalue weighted by Gasteiger charge is 2.61. The van der Waals surface area contributed by atoms with Crippen LogP contribution >= 0.6 is 0 Å². The summed E-state index contributed by atoms with van der Waals surface area (Å²) in [6.45, 7) is 3.48. The summed E-state index contributed by atoms with van der Waals surface area (Å²) >= 11 is 0. The molecule has 2 aliphatic carbocycles. The molecule has 0 aromatic heterocycles. The molecule has 0 radical (unpaired) electrons. The Hall–Kier alpha value is -1.55. The Bertz CT molecular complexity index is 569. The van der Waals surface area contributed by atoms with Crippen LogP contribution in [0.3, 0.4) is 0 Å². The molecule has 1 amide bonds. The molecule has 0 bridgehead atoms. The molecule has 1 spiro atoms. The minimum Gasteiger partial charge on any atom is -0.497 e. The highest BCUT2D eigenvalue weighted by molar-refractivity contribution is 5.90.